The average molecular weight is 368 g/mol. The van der Waals surface area contributed by atoms with E-state index in [-0.39, 0.29) is 11.3 Å². The number of hydrogen-bond acceptors (Lipinski definition) is 4. The van der Waals surface area contributed by atoms with Gasteiger partial charge in [-0.3, -0.25) is 9.59 Å². The number of amides is 1. The zero-order valence-electron chi connectivity index (χ0n) is 14.8. The van der Waals surface area contributed by atoms with Crippen molar-refractivity contribution in [2.45, 2.75) is 33.4 Å². The molecule has 1 amide bonds. The number of aryl methyl sites for hydroxylation is 2. The summed E-state index contributed by atoms with van der Waals surface area (Å²) in [6.07, 6.45) is 2.67. The zero-order valence-corrected chi connectivity index (χ0v) is 15.6. The second kappa shape index (κ2) is 8.05. The maximum Gasteiger partial charge on any atom is 0.300 e. The van der Waals surface area contributed by atoms with Gasteiger partial charge in [0.15, 0.2) is 10.5 Å². The van der Waals surface area contributed by atoms with Crippen molar-refractivity contribution in [1.82, 2.24) is 14.3 Å². The van der Waals surface area contributed by atoms with Gasteiger partial charge in [-0.2, -0.15) is 10.1 Å². The molecule has 6 nitrogen and oxygen atoms in total. The molecule has 0 aliphatic heterocycles. The predicted octanol–water partition coefficient (Wildman–Crippen LogP) is 2.61. The first-order valence-corrected chi connectivity index (χ1v) is 9.31. The van der Waals surface area contributed by atoms with E-state index in [4.69, 9.17) is 0 Å². The third kappa shape index (κ3) is 4.23. The summed E-state index contributed by atoms with van der Waals surface area (Å²) >= 11 is 1.39. The molecule has 0 N–H and O–H groups in total. The number of carbonyl (C=O) groups excluding carboxylic acids is 1. The summed E-state index contributed by atoms with van der Waals surface area (Å²) in [5.74, 6) is -0.449. The van der Waals surface area contributed by atoms with E-state index in [1.165, 1.54) is 33.7 Å². The maximum atomic E-state index is 12.5. The molecule has 0 saturated carbocycles. The molecule has 0 unspecified atom stereocenters. The van der Waals surface area contributed by atoms with E-state index in [1.807, 2.05) is 30.0 Å². The molecule has 0 aliphatic carbocycles. The lowest BCUT2D eigenvalue weighted by Gasteiger charge is -2.04. The molecule has 0 radical (unpaired) electrons. The number of nitrogens with zero attached hydrogens (tertiary/aromatic N) is 4. The number of hydrogen-bond donors (Lipinski definition) is 0. The van der Waals surface area contributed by atoms with E-state index in [0.717, 1.165) is 12.0 Å². The molecular formula is C19H20N4O2S. The summed E-state index contributed by atoms with van der Waals surface area (Å²) in [5.41, 5.74) is 2.30. The summed E-state index contributed by atoms with van der Waals surface area (Å²) in [4.78, 5) is 29.0. The Morgan fingerprint density at radius 2 is 1.96 bits per heavy atom. The normalized spacial score (nSPS) is 11.7. The van der Waals surface area contributed by atoms with Gasteiger partial charge in [-0.05, 0) is 25.0 Å². The standard InChI is InChI=1S/C19H20N4O2S/c1-3-10-23-17(24)9-8-16(21-23)18(25)20-19-22(11-12-26-19)13-15-6-4-14(2)5-7-15/h4-9,11-12H,3,10,13H2,1-2H3. The summed E-state index contributed by atoms with van der Waals surface area (Å²) < 4.78 is 3.23. The minimum absolute atomic E-state index is 0.174. The molecule has 2 aromatic heterocycles. The molecule has 0 atom stereocenters. The Hall–Kier alpha value is -2.80. The van der Waals surface area contributed by atoms with Crippen LogP contribution in [-0.4, -0.2) is 20.3 Å². The van der Waals surface area contributed by atoms with Crippen LogP contribution in [0.25, 0.3) is 0 Å². The predicted molar refractivity (Wildman–Crippen MR) is 101 cm³/mol. The van der Waals surface area contributed by atoms with E-state index in [2.05, 4.69) is 34.4 Å². The Morgan fingerprint density at radius 3 is 2.69 bits per heavy atom. The van der Waals surface area contributed by atoms with Crippen molar-refractivity contribution in [2.75, 3.05) is 0 Å². The average Bonchev–Trinajstić information content (AvgIpc) is 3.05. The van der Waals surface area contributed by atoms with E-state index in [0.29, 0.717) is 17.9 Å². The highest BCUT2D eigenvalue weighted by Gasteiger charge is 2.09. The van der Waals surface area contributed by atoms with Crippen LogP contribution in [0.1, 0.15) is 35.0 Å². The second-order valence-electron chi connectivity index (χ2n) is 6.00. The fourth-order valence-electron chi connectivity index (χ4n) is 2.48. The Kier molecular flexibility index (Phi) is 5.58. The molecule has 134 valence electrons. The fourth-order valence-corrected chi connectivity index (χ4v) is 3.20. The minimum atomic E-state index is -0.449. The first-order chi connectivity index (χ1) is 12.6. The van der Waals surface area contributed by atoms with Crippen LogP contribution in [0.4, 0.5) is 0 Å². The van der Waals surface area contributed by atoms with Crippen LogP contribution in [0.15, 0.2) is 57.8 Å². The molecule has 2 heterocycles. The van der Waals surface area contributed by atoms with Crippen LogP contribution in [0.5, 0.6) is 0 Å². The van der Waals surface area contributed by atoms with Crippen LogP contribution in [-0.2, 0) is 13.1 Å². The minimum Gasteiger partial charge on any atom is -0.319 e. The van der Waals surface area contributed by atoms with Crippen LogP contribution in [0.2, 0.25) is 0 Å². The Labute approximate surface area is 155 Å². The maximum absolute atomic E-state index is 12.5. The monoisotopic (exact) mass is 368 g/mol. The summed E-state index contributed by atoms with van der Waals surface area (Å²) in [6, 6.07) is 11.0. The Morgan fingerprint density at radius 1 is 1.19 bits per heavy atom. The molecule has 0 bridgehead atoms. The third-order valence-corrected chi connectivity index (χ3v) is 4.65. The molecule has 0 saturated heterocycles. The van der Waals surface area contributed by atoms with Gasteiger partial charge < -0.3 is 4.57 Å². The number of benzene rings is 1. The van der Waals surface area contributed by atoms with Crippen molar-refractivity contribution < 1.29 is 4.79 Å². The quantitative estimate of drug-likeness (QED) is 0.695. The van der Waals surface area contributed by atoms with E-state index < -0.39 is 5.91 Å². The summed E-state index contributed by atoms with van der Waals surface area (Å²) in [6.45, 7) is 5.11. The molecule has 0 aliphatic rings. The first-order valence-electron chi connectivity index (χ1n) is 8.43. The Balaban J connectivity index is 1.87. The number of thiazole rings is 1. The lowest BCUT2D eigenvalue weighted by atomic mass is 10.1. The van der Waals surface area contributed by atoms with Gasteiger partial charge in [0.1, 0.15) is 0 Å². The van der Waals surface area contributed by atoms with E-state index >= 15 is 0 Å². The number of carbonyl (C=O) groups is 1. The van der Waals surface area contributed by atoms with Crippen molar-refractivity contribution in [1.29, 1.82) is 0 Å². The SMILES string of the molecule is CCCn1nc(C(=O)N=c2sccn2Cc2ccc(C)cc2)ccc1=O. The van der Waals surface area contributed by atoms with Crippen molar-refractivity contribution >= 4 is 17.2 Å². The number of rotatable bonds is 5. The van der Waals surface area contributed by atoms with Gasteiger partial charge >= 0.3 is 0 Å². The fraction of sp³-hybridized carbons (Fsp3) is 0.263. The Bertz CT molecular complexity index is 1030. The molecule has 3 rings (SSSR count). The zero-order chi connectivity index (χ0) is 18.5. The highest BCUT2D eigenvalue weighted by atomic mass is 32.1. The highest BCUT2D eigenvalue weighted by molar-refractivity contribution is 7.07. The largest absolute Gasteiger partial charge is 0.319 e. The molecule has 7 heteroatoms. The van der Waals surface area contributed by atoms with E-state index in [1.54, 1.807) is 0 Å². The van der Waals surface area contributed by atoms with Gasteiger partial charge in [0.2, 0.25) is 0 Å². The van der Waals surface area contributed by atoms with Crippen molar-refractivity contribution in [3.63, 3.8) is 0 Å². The topological polar surface area (TPSA) is 69.2 Å². The van der Waals surface area contributed by atoms with Gasteiger partial charge in [0, 0.05) is 30.7 Å². The van der Waals surface area contributed by atoms with E-state index in [9.17, 15) is 9.59 Å². The highest BCUT2D eigenvalue weighted by Crippen LogP contribution is 2.05. The lowest BCUT2D eigenvalue weighted by molar-refractivity contribution is 0.0990. The molecular weight excluding hydrogens is 348 g/mol. The van der Waals surface area contributed by atoms with Crippen LogP contribution in [0.3, 0.4) is 0 Å². The van der Waals surface area contributed by atoms with Crippen LogP contribution in [0, 0.1) is 6.92 Å². The first kappa shape index (κ1) is 18.0. The summed E-state index contributed by atoms with van der Waals surface area (Å²) in [7, 11) is 0. The molecule has 26 heavy (non-hydrogen) atoms. The molecule has 0 fully saturated rings. The van der Waals surface area contributed by atoms with Gasteiger partial charge in [0.05, 0.1) is 0 Å². The lowest BCUT2D eigenvalue weighted by Crippen LogP contribution is -2.24. The van der Waals surface area contributed by atoms with Crippen molar-refractivity contribution in [2.24, 2.45) is 4.99 Å². The molecule has 0 spiro atoms. The van der Waals surface area contributed by atoms with Crippen LogP contribution < -0.4 is 10.4 Å². The molecule has 1 aromatic carbocycles. The van der Waals surface area contributed by atoms with Crippen molar-refractivity contribution in [3.8, 4) is 0 Å². The molecule has 3 aromatic rings. The summed E-state index contributed by atoms with van der Waals surface area (Å²) in [5, 5.41) is 6.02. The van der Waals surface area contributed by atoms with Gasteiger partial charge in [0.25, 0.3) is 11.5 Å². The van der Waals surface area contributed by atoms with Gasteiger partial charge in [-0.25, -0.2) is 4.68 Å². The second-order valence-corrected chi connectivity index (χ2v) is 6.87. The third-order valence-electron chi connectivity index (χ3n) is 3.85. The smallest absolute Gasteiger partial charge is 0.300 e. The van der Waals surface area contributed by atoms with Gasteiger partial charge in [-0.1, -0.05) is 36.8 Å². The number of aromatic nitrogens is 3. The van der Waals surface area contributed by atoms with Crippen LogP contribution >= 0.6 is 11.3 Å². The van der Waals surface area contributed by atoms with Gasteiger partial charge in [-0.15, -0.1) is 11.3 Å². The van der Waals surface area contributed by atoms with Crippen molar-refractivity contribution in [3.05, 3.63) is 80.0 Å².